The van der Waals surface area contributed by atoms with E-state index >= 15 is 0 Å². The summed E-state index contributed by atoms with van der Waals surface area (Å²) in [5.41, 5.74) is 8.03. The summed E-state index contributed by atoms with van der Waals surface area (Å²) >= 11 is 0. The molecule has 0 amide bonds. The Morgan fingerprint density at radius 3 is 3.00 bits per heavy atom. The zero-order chi connectivity index (χ0) is 9.97. The lowest BCUT2D eigenvalue weighted by Crippen LogP contribution is -2.09. The van der Waals surface area contributed by atoms with Gasteiger partial charge in [0.25, 0.3) is 0 Å². The second-order valence-corrected chi connectivity index (χ2v) is 3.68. The van der Waals surface area contributed by atoms with Gasteiger partial charge in [-0.15, -0.1) is 0 Å². The number of anilines is 1. The highest BCUT2D eigenvalue weighted by Gasteiger charge is 2.19. The average molecular weight is 192 g/mol. The van der Waals surface area contributed by atoms with Crippen LogP contribution in [-0.4, -0.2) is 20.2 Å². The molecular formula is C11H16N2O. The fraction of sp³-hybridized carbons (Fsp3) is 0.455. The molecule has 3 nitrogen and oxygen atoms in total. The predicted molar refractivity (Wildman–Crippen MR) is 57.6 cm³/mol. The van der Waals surface area contributed by atoms with Gasteiger partial charge in [-0.25, -0.2) is 0 Å². The number of hydrogen-bond acceptors (Lipinski definition) is 3. The second kappa shape index (κ2) is 3.88. The van der Waals surface area contributed by atoms with Gasteiger partial charge in [0.1, 0.15) is 5.75 Å². The maximum Gasteiger partial charge on any atom is 0.119 e. The smallest absolute Gasteiger partial charge is 0.119 e. The zero-order valence-corrected chi connectivity index (χ0v) is 8.42. The molecule has 2 rings (SSSR count). The molecule has 1 aliphatic heterocycles. The fourth-order valence-corrected chi connectivity index (χ4v) is 1.95. The summed E-state index contributed by atoms with van der Waals surface area (Å²) in [6.45, 7) is 2.11. The van der Waals surface area contributed by atoms with E-state index in [-0.39, 0.29) is 0 Å². The Bertz CT molecular complexity index is 319. The van der Waals surface area contributed by atoms with Gasteiger partial charge in [-0.05, 0) is 42.6 Å². The molecule has 1 saturated heterocycles. The van der Waals surface area contributed by atoms with Crippen molar-refractivity contribution in [3.63, 3.8) is 0 Å². The van der Waals surface area contributed by atoms with Crippen LogP contribution in [-0.2, 0) is 0 Å². The molecule has 0 aliphatic carbocycles. The summed E-state index contributed by atoms with van der Waals surface area (Å²) in [4.78, 5) is 0. The highest BCUT2D eigenvalue weighted by atomic mass is 16.5. The van der Waals surface area contributed by atoms with Crippen molar-refractivity contribution in [2.45, 2.75) is 12.3 Å². The van der Waals surface area contributed by atoms with Gasteiger partial charge in [0.15, 0.2) is 0 Å². The lowest BCUT2D eigenvalue weighted by Gasteiger charge is -2.13. The molecule has 14 heavy (non-hydrogen) atoms. The summed E-state index contributed by atoms with van der Waals surface area (Å²) in [5, 5.41) is 3.34. The molecule has 0 bridgehead atoms. The topological polar surface area (TPSA) is 47.3 Å². The Morgan fingerprint density at radius 1 is 1.50 bits per heavy atom. The van der Waals surface area contributed by atoms with Crippen LogP contribution in [0.15, 0.2) is 18.2 Å². The SMILES string of the molecule is COc1ccc(N)c([C@H]2CCNC2)c1. The van der Waals surface area contributed by atoms with E-state index in [0.29, 0.717) is 5.92 Å². The van der Waals surface area contributed by atoms with Crippen LogP contribution in [0.5, 0.6) is 5.75 Å². The van der Waals surface area contributed by atoms with Crippen LogP contribution in [0.4, 0.5) is 5.69 Å². The summed E-state index contributed by atoms with van der Waals surface area (Å²) in [7, 11) is 1.68. The quantitative estimate of drug-likeness (QED) is 0.695. The molecule has 1 aromatic carbocycles. The number of nitrogens with one attached hydrogen (secondary N) is 1. The van der Waals surface area contributed by atoms with E-state index in [1.807, 2.05) is 18.2 Å². The number of nitrogen functional groups attached to an aromatic ring is 1. The Labute approximate surface area is 84.3 Å². The number of rotatable bonds is 2. The van der Waals surface area contributed by atoms with E-state index < -0.39 is 0 Å². The molecule has 0 unspecified atom stereocenters. The van der Waals surface area contributed by atoms with Gasteiger partial charge < -0.3 is 15.8 Å². The van der Waals surface area contributed by atoms with Gasteiger partial charge >= 0.3 is 0 Å². The third-order valence-corrected chi connectivity index (χ3v) is 2.79. The zero-order valence-electron chi connectivity index (χ0n) is 8.42. The molecule has 0 saturated carbocycles. The molecule has 1 atom stereocenters. The van der Waals surface area contributed by atoms with Crippen LogP contribution in [0.2, 0.25) is 0 Å². The van der Waals surface area contributed by atoms with Crippen molar-refractivity contribution >= 4 is 5.69 Å². The summed E-state index contributed by atoms with van der Waals surface area (Å²) in [5.74, 6) is 1.44. The van der Waals surface area contributed by atoms with E-state index in [2.05, 4.69) is 5.32 Å². The first kappa shape index (κ1) is 9.34. The third-order valence-electron chi connectivity index (χ3n) is 2.79. The number of benzene rings is 1. The maximum atomic E-state index is 5.94. The van der Waals surface area contributed by atoms with Crippen molar-refractivity contribution in [2.24, 2.45) is 0 Å². The second-order valence-electron chi connectivity index (χ2n) is 3.68. The maximum absolute atomic E-state index is 5.94. The van der Waals surface area contributed by atoms with Crippen LogP contribution in [0.1, 0.15) is 17.9 Å². The van der Waals surface area contributed by atoms with E-state index in [0.717, 1.165) is 30.9 Å². The predicted octanol–water partition coefficient (Wildman–Crippen LogP) is 1.35. The van der Waals surface area contributed by atoms with E-state index in [4.69, 9.17) is 10.5 Å². The molecule has 3 heteroatoms. The minimum Gasteiger partial charge on any atom is -0.497 e. The van der Waals surface area contributed by atoms with Crippen molar-refractivity contribution in [3.05, 3.63) is 23.8 Å². The van der Waals surface area contributed by atoms with Crippen LogP contribution in [0, 0.1) is 0 Å². The van der Waals surface area contributed by atoms with E-state index in [1.165, 1.54) is 5.56 Å². The molecule has 0 radical (unpaired) electrons. The molecule has 76 valence electrons. The Morgan fingerprint density at radius 2 is 2.36 bits per heavy atom. The fourth-order valence-electron chi connectivity index (χ4n) is 1.95. The highest BCUT2D eigenvalue weighted by Crippen LogP contribution is 2.30. The summed E-state index contributed by atoms with van der Waals surface area (Å²) < 4.78 is 5.19. The molecule has 1 heterocycles. The van der Waals surface area contributed by atoms with E-state index in [1.54, 1.807) is 7.11 Å². The molecule has 0 aromatic heterocycles. The molecule has 0 spiro atoms. The number of hydrogen-bond donors (Lipinski definition) is 2. The van der Waals surface area contributed by atoms with Crippen molar-refractivity contribution in [2.75, 3.05) is 25.9 Å². The Balaban J connectivity index is 2.29. The molecule has 1 aromatic rings. The van der Waals surface area contributed by atoms with Gasteiger partial charge in [-0.2, -0.15) is 0 Å². The number of ether oxygens (including phenoxy) is 1. The average Bonchev–Trinajstić information content (AvgIpc) is 2.71. The Hall–Kier alpha value is -1.22. The Kier molecular flexibility index (Phi) is 2.59. The lowest BCUT2D eigenvalue weighted by molar-refractivity contribution is 0.414. The van der Waals surface area contributed by atoms with Crippen LogP contribution < -0.4 is 15.8 Å². The van der Waals surface area contributed by atoms with Crippen LogP contribution >= 0.6 is 0 Å². The normalized spacial score (nSPS) is 21.1. The minimum absolute atomic E-state index is 0.546. The molecule has 1 aliphatic rings. The van der Waals surface area contributed by atoms with Crippen molar-refractivity contribution < 1.29 is 4.74 Å². The monoisotopic (exact) mass is 192 g/mol. The third kappa shape index (κ3) is 1.68. The van der Waals surface area contributed by atoms with Crippen molar-refractivity contribution in [3.8, 4) is 5.75 Å². The van der Waals surface area contributed by atoms with Crippen molar-refractivity contribution in [1.82, 2.24) is 5.32 Å². The van der Waals surface area contributed by atoms with Crippen molar-refractivity contribution in [1.29, 1.82) is 0 Å². The lowest BCUT2D eigenvalue weighted by atomic mass is 9.96. The summed E-state index contributed by atoms with van der Waals surface area (Å²) in [6.07, 6.45) is 1.16. The van der Waals surface area contributed by atoms with Crippen LogP contribution in [0.25, 0.3) is 0 Å². The van der Waals surface area contributed by atoms with Gasteiger partial charge in [-0.1, -0.05) is 0 Å². The van der Waals surface area contributed by atoms with E-state index in [9.17, 15) is 0 Å². The number of methoxy groups -OCH3 is 1. The molecule has 3 N–H and O–H groups in total. The van der Waals surface area contributed by atoms with Gasteiger partial charge in [-0.3, -0.25) is 0 Å². The van der Waals surface area contributed by atoms with Gasteiger partial charge in [0.2, 0.25) is 0 Å². The first-order valence-electron chi connectivity index (χ1n) is 4.95. The van der Waals surface area contributed by atoms with Gasteiger partial charge in [0.05, 0.1) is 7.11 Å². The first-order chi connectivity index (χ1) is 6.81. The largest absolute Gasteiger partial charge is 0.497 e. The van der Waals surface area contributed by atoms with Gasteiger partial charge in [0, 0.05) is 12.2 Å². The highest BCUT2D eigenvalue weighted by molar-refractivity contribution is 5.52. The summed E-state index contributed by atoms with van der Waals surface area (Å²) in [6, 6.07) is 5.88. The molecular weight excluding hydrogens is 176 g/mol. The first-order valence-corrected chi connectivity index (χ1v) is 4.95. The standard InChI is InChI=1S/C11H16N2O/c1-14-9-2-3-11(12)10(6-9)8-4-5-13-7-8/h2-3,6,8,13H,4-5,7,12H2,1H3/t8-/m0/s1. The number of nitrogens with two attached hydrogens (primary N) is 1. The van der Waals surface area contributed by atoms with Crippen LogP contribution in [0.3, 0.4) is 0 Å². The minimum atomic E-state index is 0.546. The molecule has 1 fully saturated rings.